The molecule has 194 valence electrons. The summed E-state index contributed by atoms with van der Waals surface area (Å²) in [4.78, 5) is 15.2. The van der Waals surface area contributed by atoms with Crippen LogP contribution in [0.15, 0.2) is 30.6 Å². The highest BCUT2D eigenvalue weighted by atomic mass is 19.1. The van der Waals surface area contributed by atoms with E-state index < -0.39 is 6.17 Å². The number of nitrogens with zero attached hydrogens (tertiary/aromatic N) is 6. The quantitative estimate of drug-likeness (QED) is 0.493. The van der Waals surface area contributed by atoms with Crippen LogP contribution in [0.4, 0.5) is 10.3 Å². The second-order valence-corrected chi connectivity index (χ2v) is 9.94. The van der Waals surface area contributed by atoms with Crippen LogP contribution in [0.25, 0.3) is 22.5 Å². The van der Waals surface area contributed by atoms with E-state index in [1.807, 2.05) is 0 Å². The Kier molecular flexibility index (Phi) is 6.23. The molecule has 6 rings (SSSR count). The number of rotatable bonds is 7. The van der Waals surface area contributed by atoms with E-state index in [0.29, 0.717) is 34.5 Å². The van der Waals surface area contributed by atoms with Crippen molar-refractivity contribution in [3.8, 4) is 40.0 Å². The lowest BCUT2D eigenvalue weighted by Gasteiger charge is -2.46. The van der Waals surface area contributed by atoms with Crippen molar-refractivity contribution in [3.05, 3.63) is 30.6 Å². The zero-order valence-electron chi connectivity index (χ0n) is 20.8. The molecule has 11 heteroatoms. The van der Waals surface area contributed by atoms with Gasteiger partial charge in [-0.15, -0.1) is 10.2 Å². The first-order valence-electron chi connectivity index (χ1n) is 12.7. The fraction of sp³-hybridized carbons (Fsp3) is 0.500. The van der Waals surface area contributed by atoms with Crippen molar-refractivity contribution in [2.24, 2.45) is 0 Å². The van der Waals surface area contributed by atoms with Crippen LogP contribution in [-0.4, -0.2) is 74.8 Å². The van der Waals surface area contributed by atoms with Gasteiger partial charge in [0, 0.05) is 29.3 Å². The molecule has 4 heterocycles. The molecule has 3 aromatic rings. The molecular formula is C26H30FN7O3. The first kappa shape index (κ1) is 23.8. The van der Waals surface area contributed by atoms with Gasteiger partial charge < -0.3 is 24.8 Å². The van der Waals surface area contributed by atoms with Crippen LogP contribution < -0.4 is 19.7 Å². The fourth-order valence-electron chi connectivity index (χ4n) is 5.57. The number of hydrogen-bond donors (Lipinski definition) is 2. The Labute approximate surface area is 214 Å². The molecule has 2 saturated heterocycles. The first-order chi connectivity index (χ1) is 18.1. The van der Waals surface area contributed by atoms with Gasteiger partial charge in [0.25, 0.3) is 11.8 Å². The number of benzene rings is 1. The highest BCUT2D eigenvalue weighted by molar-refractivity contribution is 5.72. The number of aromatic nitrogens is 5. The van der Waals surface area contributed by atoms with Crippen LogP contribution in [-0.2, 0) is 0 Å². The van der Waals surface area contributed by atoms with Crippen LogP contribution >= 0.6 is 0 Å². The lowest BCUT2D eigenvalue weighted by molar-refractivity contribution is 0.103. The van der Waals surface area contributed by atoms with E-state index in [1.165, 1.54) is 14.2 Å². The topological polar surface area (TPSA) is 118 Å². The molecule has 0 unspecified atom stereocenters. The molecule has 1 aliphatic carbocycles. The van der Waals surface area contributed by atoms with Crippen molar-refractivity contribution < 1.29 is 19.0 Å². The van der Waals surface area contributed by atoms with Crippen molar-refractivity contribution in [3.63, 3.8) is 0 Å². The van der Waals surface area contributed by atoms with E-state index in [1.54, 1.807) is 30.6 Å². The molecule has 3 fully saturated rings. The van der Waals surface area contributed by atoms with Gasteiger partial charge in [0.05, 0.1) is 38.3 Å². The molecular weight excluding hydrogens is 477 g/mol. The van der Waals surface area contributed by atoms with E-state index in [9.17, 15) is 5.11 Å². The maximum atomic E-state index is 15.5. The van der Waals surface area contributed by atoms with Crippen LogP contribution in [0.2, 0.25) is 0 Å². The molecule has 1 saturated carbocycles. The molecule has 0 radical (unpaired) electrons. The van der Waals surface area contributed by atoms with Crippen molar-refractivity contribution in [2.45, 2.75) is 68.9 Å². The van der Waals surface area contributed by atoms with Crippen LogP contribution in [0.3, 0.4) is 0 Å². The number of piperidine rings is 2. The zero-order valence-corrected chi connectivity index (χ0v) is 20.8. The molecule has 0 amide bonds. The van der Waals surface area contributed by atoms with Gasteiger partial charge in [-0.1, -0.05) is 12.5 Å². The van der Waals surface area contributed by atoms with E-state index in [4.69, 9.17) is 9.47 Å². The minimum Gasteiger partial charge on any atom is -0.507 e. The number of phenolic OH excluding ortho intramolecular Hbond substituents is 1. The standard InChI is InChI=1S/C26H30FN7O3/c1-36-24-25(37-2)31-19(12-28-24)14-6-9-17(22(35)10-14)20-13-29-26(33-32-20)34(16-7-8-16)21-11-15-4-3-5-18(30-15)23(21)27/h6,9-10,12-13,15-16,18,21,23,30,35H,3-5,7-8,11H2,1-2H3/t15-,18-,21+,23-/m0/s1. The normalized spacial score (nSPS) is 24.9. The number of nitrogens with one attached hydrogen (secondary N) is 1. The van der Waals surface area contributed by atoms with Crippen molar-refractivity contribution in [1.82, 2.24) is 30.5 Å². The number of phenols is 1. The average Bonchev–Trinajstić information content (AvgIpc) is 3.77. The number of anilines is 1. The van der Waals surface area contributed by atoms with Crippen LogP contribution in [0.5, 0.6) is 17.5 Å². The fourth-order valence-corrected chi connectivity index (χ4v) is 5.57. The van der Waals surface area contributed by atoms with E-state index in [2.05, 4.69) is 35.4 Å². The average molecular weight is 508 g/mol. The molecule has 0 spiro atoms. The number of methoxy groups -OCH3 is 2. The number of fused-ring (bicyclic) bond motifs is 2. The lowest BCUT2D eigenvalue weighted by atomic mass is 9.82. The summed E-state index contributed by atoms with van der Waals surface area (Å²) in [6.07, 6.45) is 7.99. The largest absolute Gasteiger partial charge is 0.507 e. The summed E-state index contributed by atoms with van der Waals surface area (Å²) >= 11 is 0. The lowest BCUT2D eigenvalue weighted by Crippen LogP contribution is -2.62. The first-order valence-corrected chi connectivity index (χ1v) is 12.7. The molecule has 1 aromatic carbocycles. The van der Waals surface area contributed by atoms with Gasteiger partial charge in [-0.3, -0.25) is 0 Å². The van der Waals surface area contributed by atoms with Crippen LogP contribution in [0, 0.1) is 0 Å². The van der Waals surface area contributed by atoms with E-state index >= 15 is 4.39 Å². The van der Waals surface area contributed by atoms with Gasteiger partial charge in [0.2, 0.25) is 5.95 Å². The van der Waals surface area contributed by atoms with Gasteiger partial charge in [-0.05, 0) is 44.2 Å². The maximum absolute atomic E-state index is 15.5. The second-order valence-electron chi connectivity index (χ2n) is 9.94. The minimum absolute atomic E-state index is 0.00647. The Hall–Kier alpha value is -3.60. The van der Waals surface area contributed by atoms with Gasteiger partial charge >= 0.3 is 0 Å². The third-order valence-electron chi connectivity index (χ3n) is 7.54. The number of aromatic hydroxyl groups is 1. The molecule has 2 aromatic heterocycles. The summed E-state index contributed by atoms with van der Waals surface area (Å²) in [5.41, 5.74) is 2.09. The summed E-state index contributed by atoms with van der Waals surface area (Å²) in [5, 5.41) is 23.0. The number of alkyl halides is 1. The Morgan fingerprint density at radius 3 is 2.51 bits per heavy atom. The highest BCUT2D eigenvalue weighted by Gasteiger charge is 2.47. The number of halogens is 1. The third kappa shape index (κ3) is 4.52. The molecule has 2 aliphatic heterocycles. The molecule has 10 nitrogen and oxygen atoms in total. The van der Waals surface area contributed by atoms with E-state index in [0.717, 1.165) is 38.5 Å². The minimum atomic E-state index is -0.961. The molecule has 37 heavy (non-hydrogen) atoms. The predicted molar refractivity (Wildman–Crippen MR) is 134 cm³/mol. The number of ether oxygens (including phenoxy) is 2. The molecule has 4 atom stereocenters. The Balaban J connectivity index is 1.25. The summed E-state index contributed by atoms with van der Waals surface area (Å²) in [6.45, 7) is 0. The predicted octanol–water partition coefficient (Wildman–Crippen LogP) is 3.31. The highest BCUT2D eigenvalue weighted by Crippen LogP contribution is 2.39. The smallest absolute Gasteiger partial charge is 0.278 e. The summed E-state index contributed by atoms with van der Waals surface area (Å²) in [5.74, 6) is 0.991. The van der Waals surface area contributed by atoms with Crippen molar-refractivity contribution in [2.75, 3.05) is 19.1 Å². The maximum Gasteiger partial charge on any atom is 0.278 e. The summed E-state index contributed by atoms with van der Waals surface area (Å²) in [6, 6.07) is 5.37. The summed E-state index contributed by atoms with van der Waals surface area (Å²) < 4.78 is 25.8. The van der Waals surface area contributed by atoms with Crippen LogP contribution in [0.1, 0.15) is 38.5 Å². The second kappa shape index (κ2) is 9.70. The zero-order chi connectivity index (χ0) is 25.5. The van der Waals surface area contributed by atoms with Crippen molar-refractivity contribution in [1.29, 1.82) is 0 Å². The van der Waals surface area contributed by atoms with Crippen molar-refractivity contribution >= 4 is 5.95 Å². The summed E-state index contributed by atoms with van der Waals surface area (Å²) in [7, 11) is 2.98. The molecule has 2 N–H and O–H groups in total. The SMILES string of the molecule is COc1ncc(-c2ccc(-c3cnc(N(C4CC4)[C@@H]4C[C@@H]5CCC[C@H](N5)[C@@H]4F)nn3)c(O)c2)nc1OC. The number of hydrogen-bond acceptors (Lipinski definition) is 10. The van der Waals surface area contributed by atoms with Gasteiger partial charge in [-0.25, -0.2) is 19.3 Å². The Morgan fingerprint density at radius 2 is 1.81 bits per heavy atom. The third-order valence-corrected chi connectivity index (χ3v) is 7.54. The molecule has 3 aliphatic rings. The Bertz CT molecular complexity index is 1270. The molecule has 2 bridgehead atoms. The monoisotopic (exact) mass is 507 g/mol. The Morgan fingerprint density at radius 1 is 1.00 bits per heavy atom. The van der Waals surface area contributed by atoms with Gasteiger partial charge in [0.1, 0.15) is 17.6 Å². The van der Waals surface area contributed by atoms with Gasteiger partial charge in [0.15, 0.2) is 0 Å². The van der Waals surface area contributed by atoms with Gasteiger partial charge in [-0.2, -0.15) is 0 Å². The van der Waals surface area contributed by atoms with E-state index in [-0.39, 0.29) is 35.6 Å².